The zero-order valence-corrected chi connectivity index (χ0v) is 13.7. The number of rotatable bonds is 5. The number of nitrogens with zero attached hydrogens (tertiary/aromatic N) is 6. The quantitative estimate of drug-likeness (QED) is 0.754. The van der Waals surface area contributed by atoms with Crippen LogP contribution in [0, 0.1) is 0 Å². The predicted octanol–water partition coefficient (Wildman–Crippen LogP) is 1.80. The third-order valence-electron chi connectivity index (χ3n) is 4.06. The highest BCUT2D eigenvalue weighted by molar-refractivity contribution is 5.43. The van der Waals surface area contributed by atoms with Gasteiger partial charge in [0.1, 0.15) is 11.6 Å². The van der Waals surface area contributed by atoms with Crippen molar-refractivity contribution in [1.82, 2.24) is 19.9 Å². The number of aromatic nitrogens is 4. The van der Waals surface area contributed by atoms with Crippen LogP contribution in [0.15, 0.2) is 53.5 Å². The molecule has 0 spiro atoms. The molecule has 3 aromatic heterocycles. The molecule has 0 saturated carbocycles. The number of furan rings is 1. The maximum absolute atomic E-state index is 5.32. The average molecular weight is 337 g/mol. The summed E-state index contributed by atoms with van der Waals surface area (Å²) in [5, 5.41) is 3.26. The Hall–Kier alpha value is -3.16. The summed E-state index contributed by atoms with van der Waals surface area (Å²) >= 11 is 0. The molecule has 3 aromatic rings. The number of hydrogen-bond acceptors (Lipinski definition) is 8. The van der Waals surface area contributed by atoms with E-state index in [1.165, 1.54) is 0 Å². The van der Waals surface area contributed by atoms with E-state index in [4.69, 9.17) is 4.42 Å². The highest BCUT2D eigenvalue weighted by Crippen LogP contribution is 2.16. The second-order valence-corrected chi connectivity index (χ2v) is 5.70. The molecule has 4 heterocycles. The first-order valence-electron chi connectivity index (χ1n) is 8.25. The van der Waals surface area contributed by atoms with Crippen molar-refractivity contribution in [1.29, 1.82) is 0 Å². The van der Waals surface area contributed by atoms with Crippen LogP contribution in [-0.2, 0) is 6.54 Å². The van der Waals surface area contributed by atoms with Crippen molar-refractivity contribution in [2.45, 2.75) is 6.54 Å². The van der Waals surface area contributed by atoms with E-state index in [0.29, 0.717) is 6.54 Å². The molecule has 0 amide bonds. The van der Waals surface area contributed by atoms with Crippen LogP contribution in [0.2, 0.25) is 0 Å². The lowest BCUT2D eigenvalue weighted by molar-refractivity contribution is 0.517. The Morgan fingerprint density at radius 1 is 0.880 bits per heavy atom. The van der Waals surface area contributed by atoms with Gasteiger partial charge in [-0.1, -0.05) is 0 Å². The number of piperazine rings is 1. The van der Waals surface area contributed by atoms with Crippen LogP contribution >= 0.6 is 0 Å². The molecule has 8 nitrogen and oxygen atoms in total. The van der Waals surface area contributed by atoms with Crippen LogP contribution in [0.3, 0.4) is 0 Å². The Morgan fingerprint density at radius 2 is 1.60 bits per heavy atom. The molecule has 128 valence electrons. The van der Waals surface area contributed by atoms with E-state index in [0.717, 1.165) is 49.7 Å². The standard InChI is InChI=1S/C17H19N7O/c1-3-14(25-12-1)13-21-15-4-7-20-17(22-15)24-10-8-23(9-11-24)16-18-5-2-6-19-16/h1-7,12H,8-11,13H2,(H,20,21,22). The summed E-state index contributed by atoms with van der Waals surface area (Å²) in [5.41, 5.74) is 0. The monoisotopic (exact) mass is 337 g/mol. The minimum Gasteiger partial charge on any atom is -0.467 e. The van der Waals surface area contributed by atoms with Gasteiger partial charge in [0.05, 0.1) is 12.8 Å². The fraction of sp³-hybridized carbons (Fsp3) is 0.294. The zero-order valence-electron chi connectivity index (χ0n) is 13.7. The summed E-state index contributed by atoms with van der Waals surface area (Å²) in [5.74, 6) is 3.17. The Kier molecular flexibility index (Phi) is 4.40. The van der Waals surface area contributed by atoms with Crippen molar-refractivity contribution in [2.75, 3.05) is 41.3 Å². The van der Waals surface area contributed by atoms with Gasteiger partial charge >= 0.3 is 0 Å². The zero-order chi connectivity index (χ0) is 16.9. The van der Waals surface area contributed by atoms with Gasteiger partial charge in [0.15, 0.2) is 0 Å². The maximum atomic E-state index is 5.32. The van der Waals surface area contributed by atoms with Crippen LogP contribution in [0.4, 0.5) is 17.7 Å². The highest BCUT2D eigenvalue weighted by atomic mass is 16.3. The smallest absolute Gasteiger partial charge is 0.227 e. The van der Waals surface area contributed by atoms with Crippen LogP contribution < -0.4 is 15.1 Å². The summed E-state index contributed by atoms with van der Waals surface area (Å²) in [4.78, 5) is 22.0. The molecular formula is C17H19N7O. The lowest BCUT2D eigenvalue weighted by Crippen LogP contribution is -2.47. The van der Waals surface area contributed by atoms with E-state index < -0.39 is 0 Å². The van der Waals surface area contributed by atoms with Gasteiger partial charge in [0.2, 0.25) is 11.9 Å². The Morgan fingerprint density at radius 3 is 2.32 bits per heavy atom. The molecule has 0 aromatic carbocycles. The molecule has 1 saturated heterocycles. The molecule has 1 aliphatic heterocycles. The molecule has 1 fully saturated rings. The van der Waals surface area contributed by atoms with Gasteiger partial charge in [-0.3, -0.25) is 0 Å². The third-order valence-corrected chi connectivity index (χ3v) is 4.06. The molecule has 0 atom stereocenters. The third kappa shape index (κ3) is 3.68. The first-order valence-corrected chi connectivity index (χ1v) is 8.25. The van der Waals surface area contributed by atoms with E-state index in [9.17, 15) is 0 Å². The predicted molar refractivity (Wildman–Crippen MR) is 94.5 cm³/mol. The van der Waals surface area contributed by atoms with Gasteiger partial charge in [-0.25, -0.2) is 15.0 Å². The summed E-state index contributed by atoms with van der Waals surface area (Å²) in [6.45, 7) is 3.96. The lowest BCUT2D eigenvalue weighted by Gasteiger charge is -2.34. The van der Waals surface area contributed by atoms with Crippen LogP contribution in [0.1, 0.15) is 5.76 Å². The van der Waals surface area contributed by atoms with Crippen LogP contribution in [0.5, 0.6) is 0 Å². The fourth-order valence-electron chi connectivity index (χ4n) is 2.75. The van der Waals surface area contributed by atoms with Gasteiger partial charge in [-0.05, 0) is 24.3 Å². The van der Waals surface area contributed by atoms with Crippen molar-refractivity contribution in [3.63, 3.8) is 0 Å². The van der Waals surface area contributed by atoms with Crippen molar-refractivity contribution in [3.8, 4) is 0 Å². The molecule has 1 N–H and O–H groups in total. The van der Waals surface area contributed by atoms with Gasteiger partial charge in [0, 0.05) is 44.8 Å². The maximum Gasteiger partial charge on any atom is 0.227 e. The van der Waals surface area contributed by atoms with Crippen molar-refractivity contribution in [2.24, 2.45) is 0 Å². The van der Waals surface area contributed by atoms with Gasteiger partial charge in [0.25, 0.3) is 0 Å². The summed E-state index contributed by atoms with van der Waals surface area (Å²) in [6.07, 6.45) is 6.98. The van der Waals surface area contributed by atoms with Crippen molar-refractivity contribution in [3.05, 3.63) is 54.9 Å². The molecular weight excluding hydrogens is 318 g/mol. The average Bonchev–Trinajstić information content (AvgIpc) is 3.21. The Bertz CT molecular complexity index is 786. The number of hydrogen-bond donors (Lipinski definition) is 1. The molecule has 0 unspecified atom stereocenters. The summed E-state index contributed by atoms with van der Waals surface area (Å²) < 4.78 is 5.32. The SMILES string of the molecule is c1cnc(N2CCN(c3nccc(NCc4ccco4)n3)CC2)nc1. The molecule has 0 radical (unpaired) electrons. The lowest BCUT2D eigenvalue weighted by atomic mass is 10.3. The van der Waals surface area contributed by atoms with Gasteiger partial charge < -0.3 is 19.5 Å². The minimum absolute atomic E-state index is 0.600. The fourth-order valence-corrected chi connectivity index (χ4v) is 2.75. The molecule has 1 aliphatic rings. The highest BCUT2D eigenvalue weighted by Gasteiger charge is 2.20. The van der Waals surface area contributed by atoms with E-state index in [-0.39, 0.29) is 0 Å². The first-order chi connectivity index (χ1) is 12.4. The summed E-state index contributed by atoms with van der Waals surface area (Å²) in [6, 6.07) is 7.49. The molecule has 0 bridgehead atoms. The van der Waals surface area contributed by atoms with Crippen molar-refractivity contribution < 1.29 is 4.42 Å². The van der Waals surface area contributed by atoms with Crippen LogP contribution in [0.25, 0.3) is 0 Å². The van der Waals surface area contributed by atoms with Gasteiger partial charge in [-0.2, -0.15) is 4.98 Å². The van der Waals surface area contributed by atoms with E-state index in [2.05, 4.69) is 35.1 Å². The second kappa shape index (κ2) is 7.16. The van der Waals surface area contributed by atoms with E-state index >= 15 is 0 Å². The molecule has 4 rings (SSSR count). The number of nitrogens with one attached hydrogen (secondary N) is 1. The Balaban J connectivity index is 1.37. The normalized spacial score (nSPS) is 14.6. The van der Waals surface area contributed by atoms with Crippen LogP contribution in [-0.4, -0.2) is 46.1 Å². The molecule has 25 heavy (non-hydrogen) atoms. The topological polar surface area (TPSA) is 83.2 Å². The van der Waals surface area contributed by atoms with Crippen molar-refractivity contribution >= 4 is 17.7 Å². The summed E-state index contributed by atoms with van der Waals surface area (Å²) in [7, 11) is 0. The second-order valence-electron chi connectivity index (χ2n) is 5.70. The molecule has 8 heteroatoms. The number of anilines is 3. The van der Waals surface area contributed by atoms with E-state index in [1.54, 1.807) is 24.9 Å². The largest absolute Gasteiger partial charge is 0.467 e. The van der Waals surface area contributed by atoms with E-state index in [1.807, 2.05) is 24.3 Å². The van der Waals surface area contributed by atoms with Gasteiger partial charge in [-0.15, -0.1) is 0 Å². The molecule has 0 aliphatic carbocycles. The Labute approximate surface area is 145 Å². The minimum atomic E-state index is 0.600. The first kappa shape index (κ1) is 15.4.